The minimum atomic E-state index is -0.207. The van der Waals surface area contributed by atoms with Crippen LogP contribution in [0.5, 0.6) is 0 Å². The van der Waals surface area contributed by atoms with Crippen molar-refractivity contribution in [2.75, 3.05) is 5.32 Å². The van der Waals surface area contributed by atoms with Crippen LogP contribution < -0.4 is 5.32 Å². The molecule has 1 amide bonds. The lowest BCUT2D eigenvalue weighted by Gasteiger charge is -2.18. The number of carbonyl (C=O) groups excluding carboxylic acids is 1. The standard InChI is InChI=1S/C19H21N5O2S/c1-10-15-13(9-14(11-7-8-11)20-17(15)26-24-10)16(25)21-19-23-22-18(27-19)12-5-3-2-4-6-12/h9,11-12H,2-8H2,1H3,(H,21,23,25). The summed E-state index contributed by atoms with van der Waals surface area (Å²) in [5.41, 5.74) is 2.56. The second-order valence-corrected chi connectivity index (χ2v) is 8.56. The zero-order valence-corrected chi connectivity index (χ0v) is 16.0. The number of hydrogen-bond acceptors (Lipinski definition) is 7. The van der Waals surface area contributed by atoms with Gasteiger partial charge < -0.3 is 4.52 Å². The number of aromatic nitrogens is 4. The van der Waals surface area contributed by atoms with E-state index in [9.17, 15) is 4.79 Å². The molecule has 27 heavy (non-hydrogen) atoms. The molecule has 5 rings (SSSR count). The molecule has 0 atom stereocenters. The first-order valence-corrected chi connectivity index (χ1v) is 10.4. The predicted molar refractivity (Wildman–Crippen MR) is 102 cm³/mol. The Morgan fingerprint density at radius 2 is 1.96 bits per heavy atom. The van der Waals surface area contributed by atoms with Gasteiger partial charge in [0.2, 0.25) is 5.13 Å². The van der Waals surface area contributed by atoms with Gasteiger partial charge >= 0.3 is 0 Å². The van der Waals surface area contributed by atoms with Gasteiger partial charge in [0.15, 0.2) is 0 Å². The Balaban J connectivity index is 1.42. The lowest BCUT2D eigenvalue weighted by atomic mass is 9.90. The third-order valence-corrected chi connectivity index (χ3v) is 6.49. The van der Waals surface area contributed by atoms with Crippen LogP contribution in [0.15, 0.2) is 10.6 Å². The number of pyridine rings is 1. The van der Waals surface area contributed by atoms with Crippen molar-refractivity contribution < 1.29 is 9.32 Å². The number of anilines is 1. The minimum absolute atomic E-state index is 0.207. The summed E-state index contributed by atoms with van der Waals surface area (Å²) in [6.07, 6.45) is 8.34. The number of carbonyl (C=O) groups is 1. The molecule has 0 unspecified atom stereocenters. The van der Waals surface area contributed by atoms with Crippen molar-refractivity contribution in [1.82, 2.24) is 20.3 Å². The third-order valence-electron chi connectivity index (χ3n) is 5.49. The number of amides is 1. The van der Waals surface area contributed by atoms with E-state index < -0.39 is 0 Å². The number of hydrogen-bond donors (Lipinski definition) is 1. The van der Waals surface area contributed by atoms with Crippen LogP contribution >= 0.6 is 11.3 Å². The molecule has 0 bridgehead atoms. The molecule has 0 aliphatic heterocycles. The second-order valence-electron chi connectivity index (χ2n) is 7.55. The topological polar surface area (TPSA) is 93.8 Å². The van der Waals surface area contributed by atoms with Gasteiger partial charge in [-0.15, -0.1) is 10.2 Å². The van der Waals surface area contributed by atoms with Crippen LogP contribution in [0.4, 0.5) is 5.13 Å². The fourth-order valence-corrected chi connectivity index (χ4v) is 4.75. The number of rotatable bonds is 4. The van der Waals surface area contributed by atoms with Gasteiger partial charge in [-0.25, -0.2) is 4.98 Å². The van der Waals surface area contributed by atoms with E-state index in [1.807, 2.05) is 13.0 Å². The number of nitrogens with zero attached hydrogens (tertiary/aromatic N) is 4. The molecule has 8 heteroatoms. The van der Waals surface area contributed by atoms with Gasteiger partial charge in [-0.3, -0.25) is 10.1 Å². The molecule has 0 spiro atoms. The first-order valence-electron chi connectivity index (χ1n) is 9.60. The molecular formula is C19H21N5O2S. The first-order chi connectivity index (χ1) is 13.2. The maximum Gasteiger partial charge on any atom is 0.259 e. The van der Waals surface area contributed by atoms with Crippen molar-refractivity contribution >= 4 is 33.5 Å². The molecule has 2 saturated carbocycles. The van der Waals surface area contributed by atoms with Gasteiger partial charge in [-0.2, -0.15) is 0 Å². The van der Waals surface area contributed by atoms with Crippen molar-refractivity contribution in [3.05, 3.63) is 28.0 Å². The summed E-state index contributed by atoms with van der Waals surface area (Å²) < 4.78 is 5.33. The first kappa shape index (κ1) is 16.8. The average molecular weight is 383 g/mol. The molecule has 0 radical (unpaired) electrons. The molecule has 2 aliphatic carbocycles. The zero-order chi connectivity index (χ0) is 18.4. The van der Waals surface area contributed by atoms with Crippen LogP contribution in [-0.4, -0.2) is 26.2 Å². The summed E-state index contributed by atoms with van der Waals surface area (Å²) in [6, 6.07) is 1.88. The molecule has 2 fully saturated rings. The van der Waals surface area contributed by atoms with Crippen LogP contribution in [0.3, 0.4) is 0 Å². The summed E-state index contributed by atoms with van der Waals surface area (Å²) >= 11 is 1.49. The van der Waals surface area contributed by atoms with E-state index in [1.165, 1.54) is 30.6 Å². The Kier molecular flexibility index (Phi) is 4.15. The number of aryl methyl sites for hydroxylation is 1. The van der Waals surface area contributed by atoms with E-state index in [4.69, 9.17) is 4.52 Å². The van der Waals surface area contributed by atoms with Gasteiger partial charge in [-0.05, 0) is 38.7 Å². The summed E-state index contributed by atoms with van der Waals surface area (Å²) in [4.78, 5) is 17.5. The molecule has 140 valence electrons. The van der Waals surface area contributed by atoms with Crippen LogP contribution in [0.1, 0.15) is 83.5 Å². The second kappa shape index (κ2) is 6.67. The number of nitrogens with one attached hydrogen (secondary N) is 1. The smallest absolute Gasteiger partial charge is 0.259 e. The van der Waals surface area contributed by atoms with Crippen LogP contribution in [0.25, 0.3) is 11.1 Å². The highest BCUT2D eigenvalue weighted by molar-refractivity contribution is 7.15. The highest BCUT2D eigenvalue weighted by Crippen LogP contribution is 2.41. The molecule has 3 aromatic heterocycles. The molecule has 0 saturated heterocycles. The summed E-state index contributed by atoms with van der Waals surface area (Å²) in [5, 5.41) is 17.7. The van der Waals surface area contributed by atoms with E-state index in [-0.39, 0.29) is 5.91 Å². The third kappa shape index (κ3) is 3.22. The Bertz CT molecular complexity index is 1000. The van der Waals surface area contributed by atoms with Crippen molar-refractivity contribution in [2.45, 2.75) is 63.7 Å². The highest BCUT2D eigenvalue weighted by Gasteiger charge is 2.29. The Hall–Kier alpha value is -2.35. The summed E-state index contributed by atoms with van der Waals surface area (Å²) in [6.45, 7) is 1.83. The molecule has 3 heterocycles. The summed E-state index contributed by atoms with van der Waals surface area (Å²) in [5.74, 6) is 0.698. The van der Waals surface area contributed by atoms with Crippen molar-refractivity contribution in [2.24, 2.45) is 0 Å². The maximum absolute atomic E-state index is 13.0. The lowest BCUT2D eigenvalue weighted by molar-refractivity contribution is 0.102. The van der Waals surface area contributed by atoms with Crippen LogP contribution in [0, 0.1) is 6.92 Å². The van der Waals surface area contributed by atoms with Crippen LogP contribution in [-0.2, 0) is 0 Å². The van der Waals surface area contributed by atoms with E-state index in [2.05, 4.69) is 25.7 Å². The van der Waals surface area contributed by atoms with Crippen molar-refractivity contribution in [1.29, 1.82) is 0 Å². The van der Waals surface area contributed by atoms with E-state index in [1.54, 1.807) is 0 Å². The Labute approximate surface area is 160 Å². The predicted octanol–water partition coefficient (Wildman–Crippen LogP) is 4.56. The van der Waals surface area contributed by atoms with Gasteiger partial charge in [0.25, 0.3) is 11.6 Å². The highest BCUT2D eigenvalue weighted by atomic mass is 32.1. The van der Waals surface area contributed by atoms with E-state index >= 15 is 0 Å². The lowest BCUT2D eigenvalue weighted by Crippen LogP contribution is -2.13. The minimum Gasteiger partial charge on any atom is -0.336 e. The Morgan fingerprint density at radius 1 is 1.15 bits per heavy atom. The monoisotopic (exact) mass is 383 g/mol. The van der Waals surface area contributed by atoms with E-state index in [0.717, 1.165) is 36.4 Å². The fourth-order valence-electron chi connectivity index (χ4n) is 3.85. The molecular weight excluding hydrogens is 362 g/mol. The molecule has 2 aliphatic rings. The molecule has 1 N–H and O–H groups in total. The average Bonchev–Trinajstić information content (AvgIpc) is 3.34. The van der Waals surface area contributed by atoms with Crippen molar-refractivity contribution in [3.63, 3.8) is 0 Å². The molecule has 3 aromatic rings. The fraction of sp³-hybridized carbons (Fsp3) is 0.526. The Morgan fingerprint density at radius 3 is 2.74 bits per heavy atom. The molecule has 7 nitrogen and oxygen atoms in total. The van der Waals surface area contributed by atoms with Gasteiger partial charge in [0.05, 0.1) is 16.6 Å². The van der Waals surface area contributed by atoms with Gasteiger partial charge in [0, 0.05) is 17.5 Å². The van der Waals surface area contributed by atoms with Crippen LogP contribution in [0.2, 0.25) is 0 Å². The normalized spacial score (nSPS) is 18.1. The largest absolute Gasteiger partial charge is 0.336 e. The maximum atomic E-state index is 13.0. The van der Waals surface area contributed by atoms with Crippen molar-refractivity contribution in [3.8, 4) is 0 Å². The number of fused-ring (bicyclic) bond motifs is 1. The zero-order valence-electron chi connectivity index (χ0n) is 15.2. The van der Waals surface area contributed by atoms with E-state index in [0.29, 0.717) is 39.3 Å². The quantitative estimate of drug-likeness (QED) is 0.710. The van der Waals surface area contributed by atoms with Gasteiger partial charge in [-0.1, -0.05) is 35.8 Å². The van der Waals surface area contributed by atoms with Gasteiger partial charge in [0.1, 0.15) is 5.01 Å². The summed E-state index contributed by atoms with van der Waals surface area (Å²) in [7, 11) is 0. The molecule has 0 aromatic carbocycles. The SMILES string of the molecule is Cc1noc2nc(C3CC3)cc(C(=O)Nc3nnc(C4CCCCC4)s3)c12.